The smallest absolute Gasteiger partial charge is 0.307 e. The van der Waals surface area contributed by atoms with Crippen molar-refractivity contribution in [3.63, 3.8) is 0 Å². The van der Waals surface area contributed by atoms with Gasteiger partial charge >= 0.3 is 5.97 Å². The van der Waals surface area contributed by atoms with E-state index in [2.05, 4.69) is 26.5 Å². The summed E-state index contributed by atoms with van der Waals surface area (Å²) in [5.74, 6) is 0.360. The summed E-state index contributed by atoms with van der Waals surface area (Å²) in [4.78, 5) is 10.8. The summed E-state index contributed by atoms with van der Waals surface area (Å²) in [6.45, 7) is 4.57. The van der Waals surface area contributed by atoms with Crippen molar-refractivity contribution in [2.75, 3.05) is 5.75 Å². The van der Waals surface area contributed by atoms with E-state index in [4.69, 9.17) is 5.11 Å². The number of unbranched alkanes of at least 4 members (excludes halogenated alkanes) is 7. The molecule has 0 saturated heterocycles. The Bertz CT molecular complexity index is 217. The number of hydrogen-bond acceptors (Lipinski definition) is 2. The van der Waals surface area contributed by atoms with Gasteiger partial charge < -0.3 is 5.11 Å². The van der Waals surface area contributed by atoms with Crippen LogP contribution in [0.4, 0.5) is 0 Å². The maximum atomic E-state index is 10.8. The molecule has 0 aromatic rings. The van der Waals surface area contributed by atoms with Crippen LogP contribution in [0.1, 0.15) is 78.1 Å². The molecule has 0 aliphatic carbocycles. The van der Waals surface area contributed by atoms with Gasteiger partial charge in [-0.1, -0.05) is 71.6 Å². The van der Waals surface area contributed by atoms with Gasteiger partial charge in [-0.05, 0) is 12.3 Å². The molecule has 0 aromatic carbocycles. The second-order valence-corrected chi connectivity index (χ2v) is 6.38. The van der Waals surface area contributed by atoms with E-state index >= 15 is 0 Å². The Labute approximate surface area is 124 Å². The summed E-state index contributed by atoms with van der Waals surface area (Å²) < 4.78 is 0. The molecule has 0 saturated carbocycles. The van der Waals surface area contributed by atoms with Crippen LogP contribution in [-0.4, -0.2) is 16.8 Å². The van der Waals surface area contributed by atoms with Crippen LogP contribution >= 0.6 is 12.6 Å². The van der Waals surface area contributed by atoms with E-state index in [0.29, 0.717) is 5.75 Å². The van der Waals surface area contributed by atoms with Gasteiger partial charge in [0, 0.05) is 5.75 Å². The molecule has 2 nitrogen and oxygen atoms in total. The van der Waals surface area contributed by atoms with E-state index in [-0.39, 0.29) is 5.92 Å². The number of aliphatic carboxylic acids is 1. The van der Waals surface area contributed by atoms with Crippen molar-refractivity contribution in [3.05, 3.63) is 0 Å². The van der Waals surface area contributed by atoms with Gasteiger partial charge in [0.2, 0.25) is 0 Å². The van der Waals surface area contributed by atoms with Crippen molar-refractivity contribution in [1.29, 1.82) is 0 Å². The van der Waals surface area contributed by atoms with Gasteiger partial charge in [-0.25, -0.2) is 0 Å². The lowest BCUT2D eigenvalue weighted by molar-refractivity contribution is -0.141. The van der Waals surface area contributed by atoms with Gasteiger partial charge in [-0.15, -0.1) is 0 Å². The Balaban J connectivity index is 3.21. The molecular weight excluding hydrogens is 256 g/mol. The molecule has 0 amide bonds. The van der Waals surface area contributed by atoms with Gasteiger partial charge in [0.15, 0.2) is 0 Å². The molecule has 1 atom stereocenters. The van der Waals surface area contributed by atoms with E-state index < -0.39 is 5.97 Å². The van der Waals surface area contributed by atoms with E-state index in [1.54, 1.807) is 0 Å². The van der Waals surface area contributed by atoms with Crippen LogP contribution in [0.15, 0.2) is 0 Å². The lowest BCUT2D eigenvalue weighted by Gasteiger charge is -2.08. The molecule has 0 heterocycles. The van der Waals surface area contributed by atoms with E-state index in [9.17, 15) is 4.79 Å². The number of rotatable bonds is 13. The molecule has 0 rings (SSSR count). The van der Waals surface area contributed by atoms with Crippen LogP contribution in [0.5, 0.6) is 0 Å². The fourth-order valence-electron chi connectivity index (χ4n) is 2.30. The largest absolute Gasteiger partial charge is 0.481 e. The molecule has 114 valence electrons. The van der Waals surface area contributed by atoms with Crippen molar-refractivity contribution in [2.24, 2.45) is 11.8 Å². The first kappa shape index (κ1) is 18.8. The van der Waals surface area contributed by atoms with E-state index in [0.717, 1.165) is 18.8 Å². The molecule has 0 fully saturated rings. The molecule has 0 aromatic heterocycles. The number of carboxylic acid groups (broad SMARTS) is 1. The van der Waals surface area contributed by atoms with Crippen molar-refractivity contribution in [2.45, 2.75) is 78.1 Å². The SMILES string of the molecule is CC(C)CCCCCCCCCCC(CS)C(=O)O. The molecule has 0 aliphatic heterocycles. The minimum Gasteiger partial charge on any atom is -0.481 e. The van der Waals surface area contributed by atoms with E-state index in [1.807, 2.05) is 0 Å². The van der Waals surface area contributed by atoms with Crippen LogP contribution in [0, 0.1) is 11.8 Å². The first-order chi connectivity index (χ1) is 9.07. The summed E-state index contributed by atoms with van der Waals surface area (Å²) in [5, 5.41) is 8.89. The third-order valence-corrected chi connectivity index (χ3v) is 4.09. The molecule has 0 bridgehead atoms. The zero-order valence-corrected chi connectivity index (χ0v) is 13.6. The zero-order valence-electron chi connectivity index (χ0n) is 12.7. The Hall–Kier alpha value is -0.180. The molecule has 0 spiro atoms. The van der Waals surface area contributed by atoms with Crippen LogP contribution in [-0.2, 0) is 4.79 Å². The minimum atomic E-state index is -0.694. The second kappa shape index (κ2) is 12.8. The Morgan fingerprint density at radius 3 is 1.68 bits per heavy atom. The summed E-state index contributed by atoms with van der Waals surface area (Å²) in [5.41, 5.74) is 0. The first-order valence-electron chi connectivity index (χ1n) is 7.91. The fourth-order valence-corrected chi connectivity index (χ4v) is 2.64. The quantitative estimate of drug-likeness (QED) is 0.362. The molecule has 1 N–H and O–H groups in total. The summed E-state index contributed by atoms with van der Waals surface area (Å²) in [7, 11) is 0. The average molecular weight is 288 g/mol. The summed E-state index contributed by atoms with van der Waals surface area (Å²) in [6.07, 6.45) is 12.4. The Kier molecular flexibility index (Phi) is 12.7. The average Bonchev–Trinajstić information content (AvgIpc) is 2.35. The number of carbonyl (C=O) groups is 1. The maximum absolute atomic E-state index is 10.8. The maximum Gasteiger partial charge on any atom is 0.307 e. The van der Waals surface area contributed by atoms with Gasteiger partial charge in [0.1, 0.15) is 0 Å². The van der Waals surface area contributed by atoms with Crippen LogP contribution in [0.3, 0.4) is 0 Å². The lowest BCUT2D eigenvalue weighted by Crippen LogP contribution is -2.14. The first-order valence-corrected chi connectivity index (χ1v) is 8.54. The summed E-state index contributed by atoms with van der Waals surface area (Å²) >= 11 is 4.08. The number of hydrogen-bond donors (Lipinski definition) is 2. The third-order valence-electron chi connectivity index (χ3n) is 3.65. The highest BCUT2D eigenvalue weighted by molar-refractivity contribution is 7.80. The standard InChI is InChI=1S/C16H32O2S/c1-14(2)11-9-7-5-3-4-6-8-10-12-15(13-19)16(17)18/h14-15,19H,3-13H2,1-2H3,(H,17,18). The van der Waals surface area contributed by atoms with Crippen LogP contribution in [0.2, 0.25) is 0 Å². The zero-order chi connectivity index (χ0) is 14.5. The van der Waals surface area contributed by atoms with Crippen molar-refractivity contribution < 1.29 is 9.90 Å². The predicted octanol–water partition coefficient (Wildman–Crippen LogP) is 5.17. The van der Waals surface area contributed by atoms with Crippen LogP contribution in [0.25, 0.3) is 0 Å². The highest BCUT2D eigenvalue weighted by atomic mass is 32.1. The molecule has 3 heteroatoms. The minimum absolute atomic E-state index is 0.251. The van der Waals surface area contributed by atoms with Gasteiger partial charge in [0.05, 0.1) is 5.92 Å². The molecular formula is C16H32O2S. The topological polar surface area (TPSA) is 37.3 Å². The Morgan fingerprint density at radius 2 is 1.32 bits per heavy atom. The summed E-state index contributed by atoms with van der Waals surface area (Å²) in [6, 6.07) is 0. The number of carboxylic acids is 1. The van der Waals surface area contributed by atoms with Crippen molar-refractivity contribution >= 4 is 18.6 Å². The molecule has 1 unspecified atom stereocenters. The highest BCUT2D eigenvalue weighted by Crippen LogP contribution is 2.15. The lowest BCUT2D eigenvalue weighted by atomic mass is 10.0. The molecule has 0 aliphatic rings. The third kappa shape index (κ3) is 12.6. The molecule has 0 radical (unpaired) electrons. The monoisotopic (exact) mass is 288 g/mol. The van der Waals surface area contributed by atoms with Crippen LogP contribution < -0.4 is 0 Å². The van der Waals surface area contributed by atoms with Gasteiger partial charge in [-0.3, -0.25) is 4.79 Å². The second-order valence-electron chi connectivity index (χ2n) is 6.02. The highest BCUT2D eigenvalue weighted by Gasteiger charge is 2.14. The number of thiol groups is 1. The molecule has 19 heavy (non-hydrogen) atoms. The van der Waals surface area contributed by atoms with Gasteiger partial charge in [0.25, 0.3) is 0 Å². The van der Waals surface area contributed by atoms with Gasteiger partial charge in [-0.2, -0.15) is 12.6 Å². The van der Waals surface area contributed by atoms with Crippen molar-refractivity contribution in [3.8, 4) is 0 Å². The normalized spacial score (nSPS) is 12.8. The Morgan fingerprint density at radius 1 is 0.895 bits per heavy atom. The fraction of sp³-hybridized carbons (Fsp3) is 0.938. The van der Waals surface area contributed by atoms with Crippen molar-refractivity contribution in [1.82, 2.24) is 0 Å². The van der Waals surface area contributed by atoms with E-state index in [1.165, 1.54) is 51.4 Å². The predicted molar refractivity (Wildman–Crippen MR) is 86.0 cm³/mol.